The Balaban J connectivity index is 1.21. The number of hydrogen-bond acceptors (Lipinski definition) is 8. The van der Waals surface area contributed by atoms with Crippen LogP contribution in [0, 0.1) is 5.92 Å². The fourth-order valence-electron chi connectivity index (χ4n) is 9.34. The molecule has 52 heavy (non-hydrogen) atoms. The highest BCUT2D eigenvalue weighted by atomic mass is 28.4. The Morgan fingerprint density at radius 2 is 1.65 bits per heavy atom. The van der Waals surface area contributed by atoms with Crippen LogP contribution in [-0.2, 0) is 32.9 Å². The van der Waals surface area contributed by atoms with Gasteiger partial charge in [0.1, 0.15) is 5.54 Å². The fourth-order valence-corrected chi connectivity index (χ4v) is 11.9. The number of fused-ring (bicyclic) bond motifs is 2. The van der Waals surface area contributed by atoms with E-state index < -0.39 is 37.1 Å². The van der Waals surface area contributed by atoms with Crippen molar-refractivity contribution in [1.29, 1.82) is 0 Å². The van der Waals surface area contributed by atoms with Gasteiger partial charge in [-0.3, -0.25) is 24.1 Å². The van der Waals surface area contributed by atoms with Crippen LogP contribution in [0.4, 0.5) is 26.9 Å². The summed E-state index contributed by atoms with van der Waals surface area (Å²) in [5.41, 5.74) is 1.75. The van der Waals surface area contributed by atoms with Gasteiger partial charge in [0.25, 0.3) is 11.8 Å². The molecule has 4 aliphatic heterocycles. The first-order valence-corrected chi connectivity index (χ1v) is 21.3. The Morgan fingerprint density at radius 1 is 0.962 bits per heavy atom. The van der Waals surface area contributed by atoms with Crippen molar-refractivity contribution < 1.29 is 23.5 Å². The van der Waals surface area contributed by atoms with Crippen molar-refractivity contribution in [1.82, 2.24) is 20.3 Å². The minimum atomic E-state index is -3.42. The normalized spacial score (nSPS) is 25.6. The summed E-state index contributed by atoms with van der Waals surface area (Å²) >= 11 is 0. The van der Waals surface area contributed by atoms with E-state index in [1.54, 1.807) is 28.9 Å². The van der Waals surface area contributed by atoms with Gasteiger partial charge in [-0.15, -0.1) is 5.10 Å². The summed E-state index contributed by atoms with van der Waals surface area (Å²) in [4.78, 5) is 35.5. The quantitative estimate of drug-likeness (QED) is 0.177. The molecule has 2 amide bonds. The second-order valence-corrected chi connectivity index (χ2v) is 18.9. The van der Waals surface area contributed by atoms with Crippen molar-refractivity contribution in [3.63, 3.8) is 0 Å². The Bertz CT molecular complexity index is 1950. The van der Waals surface area contributed by atoms with Gasteiger partial charge in [-0.05, 0) is 87.9 Å². The zero-order valence-corrected chi connectivity index (χ0v) is 30.9. The number of anilines is 4. The molecule has 0 radical (unpaired) electrons. The molecule has 4 aliphatic rings. The van der Waals surface area contributed by atoms with E-state index in [9.17, 15) is 9.90 Å². The van der Waals surface area contributed by atoms with Gasteiger partial charge >= 0.3 is 0 Å². The highest BCUT2D eigenvalue weighted by Gasteiger charge is 2.67. The van der Waals surface area contributed by atoms with Crippen molar-refractivity contribution in [2.24, 2.45) is 5.92 Å². The lowest BCUT2D eigenvalue weighted by Crippen LogP contribution is -2.55. The van der Waals surface area contributed by atoms with Crippen LogP contribution < -0.4 is 20.0 Å². The lowest BCUT2D eigenvalue weighted by atomic mass is 9.82. The van der Waals surface area contributed by atoms with E-state index >= 15 is 8.90 Å². The van der Waals surface area contributed by atoms with Gasteiger partial charge in [0.05, 0.1) is 24.2 Å². The van der Waals surface area contributed by atoms with E-state index in [1.165, 1.54) is 0 Å². The number of nitrogens with one attached hydrogen (secondary N) is 1. The first kappa shape index (κ1) is 34.6. The molecule has 272 valence electrons. The Labute approximate surface area is 304 Å². The lowest BCUT2D eigenvalue weighted by Gasteiger charge is -2.39. The number of aryl methyl sites for hydroxylation is 1. The molecule has 0 bridgehead atoms. The average molecular weight is 724 g/mol. The van der Waals surface area contributed by atoms with Crippen LogP contribution in [0.3, 0.4) is 0 Å². The summed E-state index contributed by atoms with van der Waals surface area (Å²) in [7, 11) is -3.42. The first-order valence-electron chi connectivity index (χ1n) is 18.3. The van der Waals surface area contributed by atoms with Crippen molar-refractivity contribution in [2.75, 3.05) is 41.1 Å². The number of amides is 2. The van der Waals surface area contributed by atoms with Crippen LogP contribution in [0.15, 0.2) is 85.1 Å². The predicted molar refractivity (Wildman–Crippen MR) is 200 cm³/mol. The molecular formula is C39H46FN7O4Si. The molecule has 3 saturated heterocycles. The van der Waals surface area contributed by atoms with Gasteiger partial charge < -0.3 is 24.2 Å². The third-order valence-electron chi connectivity index (χ3n) is 11.7. The number of benzene rings is 3. The van der Waals surface area contributed by atoms with Crippen LogP contribution >= 0.6 is 0 Å². The molecule has 0 unspecified atom stereocenters. The summed E-state index contributed by atoms with van der Waals surface area (Å²) in [6.45, 7) is 7.60. The number of halogens is 1. The summed E-state index contributed by atoms with van der Waals surface area (Å²) in [6, 6.07) is 25.4. The number of carbonyl (C=O) groups is 2. The molecule has 3 fully saturated rings. The van der Waals surface area contributed by atoms with Gasteiger partial charge in [0.2, 0.25) is 8.41 Å². The number of aliphatic hydroxyl groups excluding tert-OH is 1. The van der Waals surface area contributed by atoms with Crippen LogP contribution in [0.2, 0.25) is 18.6 Å². The minimum Gasteiger partial charge on any atom is -0.396 e. The number of aromatic nitrogens is 3. The van der Waals surface area contributed by atoms with Gasteiger partial charge in [0, 0.05) is 59.9 Å². The molecule has 4 atom stereocenters. The molecule has 0 aliphatic carbocycles. The van der Waals surface area contributed by atoms with Crippen molar-refractivity contribution in [3.8, 4) is 0 Å². The number of ether oxygens (including phenoxy) is 1. The fraction of sp³-hybridized carbons (Fsp3) is 0.436. The minimum absolute atomic E-state index is 0.0267. The van der Waals surface area contributed by atoms with E-state index in [1.807, 2.05) is 78.6 Å². The summed E-state index contributed by atoms with van der Waals surface area (Å²) in [6.07, 6.45) is 3.41. The molecule has 5 heterocycles. The van der Waals surface area contributed by atoms with Gasteiger partial charge in [0.15, 0.2) is 5.60 Å². The number of aliphatic hydroxyl groups is 1. The SMILES string of the molecule is C[C@@H]1[C@@H]([Si](C)(C)F)[C@H](CCn2cc(CCO)nn2)O[C@@]12C(=O)N(c1ccccc1)c1ccc(N3CN(c4ccccc4)C4(CCNCC4)C3=O)cc12. The molecule has 3 aromatic carbocycles. The van der Waals surface area contributed by atoms with E-state index in [4.69, 9.17) is 4.74 Å². The zero-order valence-electron chi connectivity index (χ0n) is 29.9. The number of nitrogens with zero attached hydrogens (tertiary/aromatic N) is 6. The standard InChI is InChI=1S/C39H46FN7O4Si/c1-27-35(52(2,3)40)34(16-22-44-25-28(17-23-48)42-43-44)51-39(27)32-24-31(14-15-33(32)47(37(39)50)30-12-8-5-9-13-30)45-26-46(29-10-6-4-7-11-29)38(36(45)49)18-20-41-21-19-38/h4-15,24-25,27,34-35,41,48H,16-23,26H2,1-3H3/t27-,34+,35-,39+/m1/s1. The monoisotopic (exact) mass is 723 g/mol. The van der Waals surface area contributed by atoms with E-state index in [0.29, 0.717) is 67.2 Å². The summed E-state index contributed by atoms with van der Waals surface area (Å²) in [5.74, 6) is -0.701. The number of rotatable bonds is 9. The summed E-state index contributed by atoms with van der Waals surface area (Å²) < 4.78 is 25.3. The van der Waals surface area contributed by atoms with Gasteiger partial charge in [-0.1, -0.05) is 48.5 Å². The van der Waals surface area contributed by atoms with Gasteiger partial charge in [-0.2, -0.15) is 0 Å². The third-order valence-corrected chi connectivity index (χ3v) is 14.2. The highest BCUT2D eigenvalue weighted by molar-refractivity contribution is 6.72. The molecule has 8 rings (SSSR count). The van der Waals surface area contributed by atoms with Crippen LogP contribution in [0.1, 0.15) is 37.4 Å². The lowest BCUT2D eigenvalue weighted by molar-refractivity contribution is -0.145. The van der Waals surface area contributed by atoms with E-state index in [2.05, 4.69) is 32.7 Å². The molecule has 1 aromatic heterocycles. The Kier molecular flexibility index (Phi) is 8.80. The van der Waals surface area contributed by atoms with E-state index in [-0.39, 0.29) is 18.4 Å². The zero-order chi connectivity index (χ0) is 36.3. The Morgan fingerprint density at radius 3 is 2.33 bits per heavy atom. The smallest absolute Gasteiger partial charge is 0.268 e. The largest absolute Gasteiger partial charge is 0.396 e. The number of para-hydroxylation sites is 2. The second kappa shape index (κ2) is 13.2. The van der Waals surface area contributed by atoms with Gasteiger partial charge in [-0.25, -0.2) is 0 Å². The van der Waals surface area contributed by atoms with Crippen LogP contribution in [0.5, 0.6) is 0 Å². The maximum absolute atomic E-state index is 16.6. The Hall–Kier alpha value is -4.43. The second-order valence-electron chi connectivity index (χ2n) is 15.1. The molecule has 0 saturated carbocycles. The van der Waals surface area contributed by atoms with Crippen LogP contribution in [-0.4, -0.2) is 78.3 Å². The topological polar surface area (TPSA) is 116 Å². The van der Waals surface area contributed by atoms with Crippen molar-refractivity contribution >= 4 is 43.0 Å². The highest BCUT2D eigenvalue weighted by Crippen LogP contribution is 2.61. The van der Waals surface area contributed by atoms with E-state index in [0.717, 1.165) is 18.8 Å². The first-order chi connectivity index (χ1) is 25.1. The average Bonchev–Trinajstić information content (AvgIpc) is 3.86. The number of carbonyl (C=O) groups excluding carboxylic acids is 2. The molecule has 4 aromatic rings. The summed E-state index contributed by atoms with van der Waals surface area (Å²) in [5, 5.41) is 21.1. The predicted octanol–water partition coefficient (Wildman–Crippen LogP) is 5.29. The molecule has 2 spiro atoms. The maximum atomic E-state index is 16.6. The molecule has 13 heteroatoms. The molecular weight excluding hydrogens is 678 g/mol. The van der Waals surface area contributed by atoms with Crippen LogP contribution in [0.25, 0.3) is 0 Å². The molecule has 11 nitrogen and oxygen atoms in total. The van der Waals surface area contributed by atoms with Crippen molar-refractivity contribution in [2.45, 2.75) is 75.0 Å². The number of piperidine rings is 1. The maximum Gasteiger partial charge on any atom is 0.268 e. The number of hydrogen-bond donors (Lipinski definition) is 2. The third kappa shape index (κ3) is 5.48. The molecule has 2 N–H and O–H groups in total. The van der Waals surface area contributed by atoms with Crippen molar-refractivity contribution in [3.05, 3.63) is 96.3 Å².